The SMILES string of the molecule is CCCC(N)C(=O)N1CCCC(c2noc(C3CC3)n2)C1.Cl. The summed E-state index contributed by atoms with van der Waals surface area (Å²) in [4.78, 5) is 18.7. The lowest BCUT2D eigenvalue weighted by Gasteiger charge is -2.33. The van der Waals surface area contributed by atoms with Crippen LogP contribution in [0.25, 0.3) is 0 Å². The van der Waals surface area contributed by atoms with Gasteiger partial charge in [-0.05, 0) is 32.1 Å². The Bertz CT molecular complexity index is 503. The van der Waals surface area contributed by atoms with E-state index in [9.17, 15) is 4.79 Å². The van der Waals surface area contributed by atoms with E-state index in [1.54, 1.807) is 0 Å². The molecule has 1 aliphatic carbocycles. The van der Waals surface area contributed by atoms with Gasteiger partial charge in [0, 0.05) is 24.9 Å². The molecule has 0 bridgehead atoms. The molecular formula is C15H25ClN4O2. The molecule has 2 aliphatic rings. The molecule has 1 saturated heterocycles. The molecule has 22 heavy (non-hydrogen) atoms. The molecule has 1 aromatic rings. The van der Waals surface area contributed by atoms with Gasteiger partial charge in [0.1, 0.15) is 0 Å². The second kappa shape index (κ2) is 7.42. The number of carbonyl (C=O) groups is 1. The van der Waals surface area contributed by atoms with Gasteiger partial charge in [-0.25, -0.2) is 0 Å². The van der Waals surface area contributed by atoms with Crippen molar-refractivity contribution in [3.63, 3.8) is 0 Å². The molecule has 1 aliphatic heterocycles. The minimum atomic E-state index is -0.374. The fraction of sp³-hybridized carbons (Fsp3) is 0.800. The van der Waals surface area contributed by atoms with Crippen molar-refractivity contribution in [1.82, 2.24) is 15.0 Å². The van der Waals surface area contributed by atoms with Gasteiger partial charge in [0.25, 0.3) is 0 Å². The first-order valence-electron chi connectivity index (χ1n) is 8.07. The number of rotatable bonds is 5. The van der Waals surface area contributed by atoms with Gasteiger partial charge in [-0.3, -0.25) is 4.79 Å². The summed E-state index contributed by atoms with van der Waals surface area (Å²) in [6.45, 7) is 3.50. The standard InChI is InChI=1S/C15H24N4O2.ClH/c1-2-4-12(16)15(20)19-8-3-5-11(9-19)13-17-14(21-18-13)10-6-7-10;/h10-12H,2-9,16H2,1H3;1H. The van der Waals surface area contributed by atoms with E-state index < -0.39 is 0 Å². The van der Waals surface area contributed by atoms with Gasteiger partial charge in [-0.15, -0.1) is 12.4 Å². The molecule has 1 saturated carbocycles. The number of likely N-dealkylation sites (tertiary alicyclic amines) is 1. The molecular weight excluding hydrogens is 304 g/mol. The Morgan fingerprint density at radius 3 is 2.86 bits per heavy atom. The third kappa shape index (κ3) is 3.79. The van der Waals surface area contributed by atoms with E-state index in [1.807, 2.05) is 11.8 Å². The number of amides is 1. The molecule has 2 unspecified atom stereocenters. The number of piperidine rings is 1. The molecule has 3 rings (SSSR count). The van der Waals surface area contributed by atoms with Crippen LogP contribution in [-0.2, 0) is 4.79 Å². The Morgan fingerprint density at radius 2 is 2.18 bits per heavy atom. The zero-order valence-electron chi connectivity index (χ0n) is 13.0. The van der Waals surface area contributed by atoms with E-state index in [2.05, 4.69) is 10.1 Å². The molecule has 2 heterocycles. The van der Waals surface area contributed by atoms with E-state index >= 15 is 0 Å². The predicted molar refractivity (Wildman–Crippen MR) is 85.0 cm³/mol. The minimum absolute atomic E-state index is 0. The molecule has 7 heteroatoms. The molecule has 2 fully saturated rings. The molecule has 0 spiro atoms. The lowest BCUT2D eigenvalue weighted by Crippen LogP contribution is -2.47. The molecule has 124 valence electrons. The van der Waals surface area contributed by atoms with Crippen molar-refractivity contribution in [2.24, 2.45) is 5.73 Å². The van der Waals surface area contributed by atoms with E-state index in [0.29, 0.717) is 12.5 Å². The van der Waals surface area contributed by atoms with E-state index in [-0.39, 0.29) is 30.3 Å². The van der Waals surface area contributed by atoms with E-state index in [0.717, 1.165) is 56.8 Å². The second-order valence-corrected chi connectivity index (χ2v) is 6.28. The fourth-order valence-corrected chi connectivity index (χ4v) is 2.97. The van der Waals surface area contributed by atoms with Crippen LogP contribution in [0.15, 0.2) is 4.52 Å². The number of hydrogen-bond acceptors (Lipinski definition) is 5. The van der Waals surface area contributed by atoms with Crippen molar-refractivity contribution >= 4 is 18.3 Å². The van der Waals surface area contributed by atoms with Crippen molar-refractivity contribution in [2.45, 2.75) is 63.3 Å². The highest BCUT2D eigenvalue weighted by Gasteiger charge is 2.33. The maximum Gasteiger partial charge on any atom is 0.239 e. The highest BCUT2D eigenvalue weighted by atomic mass is 35.5. The van der Waals surface area contributed by atoms with Crippen molar-refractivity contribution in [3.05, 3.63) is 11.7 Å². The average molecular weight is 329 g/mol. The van der Waals surface area contributed by atoms with E-state index in [1.165, 1.54) is 0 Å². The van der Waals surface area contributed by atoms with Crippen LogP contribution in [0.1, 0.15) is 69.0 Å². The summed E-state index contributed by atoms with van der Waals surface area (Å²) in [5, 5.41) is 4.12. The van der Waals surface area contributed by atoms with Crippen molar-refractivity contribution in [3.8, 4) is 0 Å². The third-order valence-electron chi connectivity index (χ3n) is 4.40. The molecule has 0 radical (unpaired) electrons. The molecule has 0 aromatic carbocycles. The van der Waals surface area contributed by atoms with Crippen LogP contribution in [-0.4, -0.2) is 40.1 Å². The van der Waals surface area contributed by atoms with Gasteiger partial charge >= 0.3 is 0 Å². The summed E-state index contributed by atoms with van der Waals surface area (Å²) in [6.07, 6.45) is 5.97. The van der Waals surface area contributed by atoms with Crippen LogP contribution in [0.5, 0.6) is 0 Å². The van der Waals surface area contributed by atoms with Gasteiger partial charge in [0.15, 0.2) is 5.82 Å². The van der Waals surface area contributed by atoms with Crippen molar-refractivity contribution in [1.29, 1.82) is 0 Å². The van der Waals surface area contributed by atoms with Crippen LogP contribution in [0.3, 0.4) is 0 Å². The minimum Gasteiger partial charge on any atom is -0.341 e. The molecule has 2 N–H and O–H groups in total. The quantitative estimate of drug-likeness (QED) is 0.895. The average Bonchev–Trinajstić information content (AvgIpc) is 3.24. The van der Waals surface area contributed by atoms with Crippen LogP contribution in [0.4, 0.5) is 0 Å². The summed E-state index contributed by atoms with van der Waals surface area (Å²) in [6, 6.07) is -0.374. The van der Waals surface area contributed by atoms with Gasteiger partial charge in [0.05, 0.1) is 6.04 Å². The topological polar surface area (TPSA) is 85.3 Å². The monoisotopic (exact) mass is 328 g/mol. The lowest BCUT2D eigenvalue weighted by atomic mass is 9.96. The van der Waals surface area contributed by atoms with Crippen molar-refractivity contribution < 1.29 is 9.32 Å². The number of hydrogen-bond donors (Lipinski definition) is 1. The third-order valence-corrected chi connectivity index (χ3v) is 4.40. The Hall–Kier alpha value is -1.14. The summed E-state index contributed by atoms with van der Waals surface area (Å²) in [5.41, 5.74) is 5.95. The van der Waals surface area contributed by atoms with Crippen LogP contribution >= 0.6 is 12.4 Å². The highest BCUT2D eigenvalue weighted by Crippen LogP contribution is 2.39. The largest absolute Gasteiger partial charge is 0.341 e. The number of halogens is 1. The Kier molecular flexibility index (Phi) is 5.81. The second-order valence-electron chi connectivity index (χ2n) is 6.28. The molecule has 1 aromatic heterocycles. The Balaban J connectivity index is 0.00000176. The van der Waals surface area contributed by atoms with Crippen molar-refractivity contribution in [2.75, 3.05) is 13.1 Å². The smallest absolute Gasteiger partial charge is 0.239 e. The molecule has 6 nitrogen and oxygen atoms in total. The first kappa shape index (κ1) is 17.2. The fourth-order valence-electron chi connectivity index (χ4n) is 2.97. The Labute approximate surface area is 137 Å². The number of carbonyl (C=O) groups excluding carboxylic acids is 1. The summed E-state index contributed by atoms with van der Waals surface area (Å²) in [7, 11) is 0. The summed E-state index contributed by atoms with van der Waals surface area (Å²) in [5.74, 6) is 2.26. The van der Waals surface area contributed by atoms with Crippen LogP contribution < -0.4 is 5.73 Å². The van der Waals surface area contributed by atoms with Gasteiger partial charge in [-0.2, -0.15) is 4.98 Å². The molecule has 1 amide bonds. The maximum atomic E-state index is 12.3. The first-order chi connectivity index (χ1) is 10.2. The number of nitrogens with zero attached hydrogens (tertiary/aromatic N) is 3. The van der Waals surface area contributed by atoms with Gasteiger partial charge < -0.3 is 15.2 Å². The maximum absolute atomic E-state index is 12.3. The zero-order valence-corrected chi connectivity index (χ0v) is 13.8. The predicted octanol–water partition coefficient (Wildman–Crippen LogP) is 2.20. The van der Waals surface area contributed by atoms with Gasteiger partial charge in [-0.1, -0.05) is 18.5 Å². The number of nitrogens with two attached hydrogens (primary N) is 1. The lowest BCUT2D eigenvalue weighted by molar-refractivity contribution is -0.134. The zero-order chi connectivity index (χ0) is 14.8. The van der Waals surface area contributed by atoms with E-state index in [4.69, 9.17) is 10.3 Å². The summed E-state index contributed by atoms with van der Waals surface area (Å²) >= 11 is 0. The Morgan fingerprint density at radius 1 is 1.41 bits per heavy atom. The summed E-state index contributed by atoms with van der Waals surface area (Å²) < 4.78 is 5.33. The van der Waals surface area contributed by atoms with Gasteiger partial charge in [0.2, 0.25) is 11.8 Å². The normalized spacial score (nSPS) is 23.0. The van der Waals surface area contributed by atoms with Crippen LogP contribution in [0, 0.1) is 0 Å². The first-order valence-corrected chi connectivity index (χ1v) is 8.07. The molecule has 2 atom stereocenters. The van der Waals surface area contributed by atoms with Crippen LogP contribution in [0.2, 0.25) is 0 Å². The number of aromatic nitrogens is 2. The highest BCUT2D eigenvalue weighted by molar-refractivity contribution is 5.85.